The Bertz CT molecular complexity index is 430. The molecule has 0 unspecified atom stereocenters. The Morgan fingerprint density at radius 2 is 2.00 bits per heavy atom. The van der Waals surface area contributed by atoms with Crippen LogP contribution in [-0.4, -0.2) is 17.4 Å². The van der Waals surface area contributed by atoms with E-state index in [1.165, 1.54) is 0 Å². The Hall–Kier alpha value is -1.09. The number of hydrogen-bond acceptors (Lipinski definition) is 2. The van der Waals surface area contributed by atoms with Crippen molar-refractivity contribution >= 4 is 17.5 Å². The van der Waals surface area contributed by atoms with Crippen LogP contribution in [0.1, 0.15) is 62.5 Å². The summed E-state index contributed by atoms with van der Waals surface area (Å²) >= 11 is 5.95. The fourth-order valence-corrected chi connectivity index (χ4v) is 1.97. The first-order valence-corrected chi connectivity index (χ1v) is 7.23. The number of nitrogens with one attached hydrogen (secondary N) is 1. The molecule has 1 N–H and O–H groups in total. The van der Waals surface area contributed by atoms with E-state index < -0.39 is 0 Å². The fraction of sp³-hybridized carbons (Fsp3) is 0.600. The highest BCUT2D eigenvalue weighted by atomic mass is 35.5. The molecule has 0 aliphatic rings. The van der Waals surface area contributed by atoms with Gasteiger partial charge < -0.3 is 5.32 Å². The number of amides is 1. The number of rotatable bonds is 6. The molecule has 1 heterocycles. The Balaban J connectivity index is 2.61. The highest BCUT2D eigenvalue weighted by Gasteiger charge is 2.10. The Morgan fingerprint density at radius 1 is 1.32 bits per heavy atom. The second kappa shape index (κ2) is 7.49. The molecule has 1 aromatic rings. The second-order valence-corrected chi connectivity index (χ2v) is 5.94. The summed E-state index contributed by atoms with van der Waals surface area (Å²) < 4.78 is 0. The number of carbonyl (C=O) groups is 1. The number of carbonyl (C=O) groups excluding carboxylic acids is 1. The van der Waals surface area contributed by atoms with E-state index in [2.05, 4.69) is 24.1 Å². The molecule has 0 atom stereocenters. The lowest BCUT2D eigenvalue weighted by Crippen LogP contribution is -2.25. The van der Waals surface area contributed by atoms with Gasteiger partial charge in [0, 0.05) is 17.8 Å². The van der Waals surface area contributed by atoms with Gasteiger partial charge in [0.2, 0.25) is 0 Å². The fourth-order valence-electron chi connectivity index (χ4n) is 1.76. The van der Waals surface area contributed by atoms with Crippen LogP contribution in [0.25, 0.3) is 0 Å². The molecule has 0 bridgehead atoms. The molecule has 3 nitrogen and oxygen atoms in total. The molecule has 4 heteroatoms. The molecule has 106 valence electrons. The molecule has 0 spiro atoms. The third-order valence-electron chi connectivity index (χ3n) is 2.91. The van der Waals surface area contributed by atoms with Gasteiger partial charge in [0.25, 0.3) is 5.91 Å². The van der Waals surface area contributed by atoms with E-state index in [0.29, 0.717) is 23.2 Å². The van der Waals surface area contributed by atoms with E-state index in [4.69, 9.17) is 11.6 Å². The van der Waals surface area contributed by atoms with Gasteiger partial charge in [0.15, 0.2) is 0 Å². The summed E-state index contributed by atoms with van der Waals surface area (Å²) in [5, 5.41) is 3.30. The third-order valence-corrected chi connectivity index (χ3v) is 3.11. The lowest BCUT2D eigenvalue weighted by molar-refractivity contribution is 0.0952. The number of pyridine rings is 1. The molecule has 0 saturated carbocycles. The normalized spacial score (nSPS) is 11.1. The minimum Gasteiger partial charge on any atom is -0.352 e. The predicted molar refractivity (Wildman–Crippen MR) is 79.7 cm³/mol. The first-order valence-electron chi connectivity index (χ1n) is 6.85. The predicted octanol–water partition coefficient (Wildman–Crippen LogP) is 4.02. The summed E-state index contributed by atoms with van der Waals surface area (Å²) in [5.41, 5.74) is 1.44. The van der Waals surface area contributed by atoms with Crippen molar-refractivity contribution in [3.63, 3.8) is 0 Å². The van der Waals surface area contributed by atoms with E-state index in [0.717, 1.165) is 18.5 Å². The van der Waals surface area contributed by atoms with E-state index in [1.807, 2.05) is 19.9 Å². The summed E-state index contributed by atoms with van der Waals surface area (Å²) in [4.78, 5) is 16.2. The van der Waals surface area contributed by atoms with Crippen LogP contribution in [-0.2, 0) is 0 Å². The zero-order chi connectivity index (χ0) is 14.4. The summed E-state index contributed by atoms with van der Waals surface area (Å²) in [6.45, 7) is 9.12. The molecule has 0 radical (unpaired) electrons. The van der Waals surface area contributed by atoms with Gasteiger partial charge >= 0.3 is 0 Å². The maximum Gasteiger partial charge on any atom is 0.251 e. The van der Waals surface area contributed by atoms with Crippen molar-refractivity contribution < 1.29 is 4.79 Å². The van der Waals surface area contributed by atoms with Gasteiger partial charge in [-0.1, -0.05) is 39.3 Å². The number of aromatic nitrogens is 1. The van der Waals surface area contributed by atoms with Crippen molar-refractivity contribution in [1.29, 1.82) is 0 Å². The van der Waals surface area contributed by atoms with Crippen molar-refractivity contribution in [3.8, 4) is 0 Å². The van der Waals surface area contributed by atoms with Gasteiger partial charge in [-0.25, -0.2) is 4.98 Å². The summed E-state index contributed by atoms with van der Waals surface area (Å²) in [5.74, 6) is 0.848. The zero-order valence-corrected chi connectivity index (χ0v) is 12.9. The molecular weight excluding hydrogens is 260 g/mol. The molecular formula is C15H23ClN2O. The van der Waals surface area contributed by atoms with Crippen LogP contribution in [0.5, 0.6) is 0 Å². The smallest absolute Gasteiger partial charge is 0.251 e. The van der Waals surface area contributed by atoms with Gasteiger partial charge in [0.05, 0.1) is 0 Å². The Kier molecular flexibility index (Phi) is 6.29. The highest BCUT2D eigenvalue weighted by molar-refractivity contribution is 6.29. The van der Waals surface area contributed by atoms with Gasteiger partial charge in [-0.05, 0) is 36.8 Å². The van der Waals surface area contributed by atoms with Crippen LogP contribution in [0.15, 0.2) is 12.1 Å². The molecule has 0 saturated heterocycles. The number of halogens is 1. The van der Waals surface area contributed by atoms with Gasteiger partial charge in [-0.3, -0.25) is 4.79 Å². The lowest BCUT2D eigenvalue weighted by atomic mass is 10.1. The first-order chi connectivity index (χ1) is 8.90. The van der Waals surface area contributed by atoms with E-state index in [9.17, 15) is 4.79 Å². The topological polar surface area (TPSA) is 42.0 Å². The third kappa shape index (κ3) is 5.60. The van der Waals surface area contributed by atoms with E-state index in [-0.39, 0.29) is 11.8 Å². The van der Waals surface area contributed by atoms with Crippen LogP contribution < -0.4 is 5.32 Å². The average molecular weight is 283 g/mol. The van der Waals surface area contributed by atoms with E-state index >= 15 is 0 Å². The molecule has 0 fully saturated rings. The van der Waals surface area contributed by atoms with E-state index in [1.54, 1.807) is 6.07 Å². The SMILES string of the molecule is CC(C)CCCNC(=O)c1cc(Cl)nc(C(C)C)c1. The van der Waals surface area contributed by atoms with Gasteiger partial charge in [0.1, 0.15) is 5.15 Å². The zero-order valence-electron chi connectivity index (χ0n) is 12.2. The quantitative estimate of drug-likeness (QED) is 0.632. The standard InChI is InChI=1S/C15H23ClN2O/c1-10(2)6-5-7-17-15(19)12-8-13(11(3)4)18-14(16)9-12/h8-11H,5-7H2,1-4H3,(H,17,19). The summed E-state index contributed by atoms with van der Waals surface area (Å²) in [7, 11) is 0. The maximum absolute atomic E-state index is 12.0. The molecule has 0 aromatic carbocycles. The number of nitrogens with zero attached hydrogens (tertiary/aromatic N) is 1. The van der Waals surface area contributed by atoms with Crippen molar-refractivity contribution in [1.82, 2.24) is 10.3 Å². The van der Waals surface area contributed by atoms with Crippen molar-refractivity contribution in [3.05, 3.63) is 28.5 Å². The molecule has 1 rings (SSSR count). The van der Waals surface area contributed by atoms with Crippen LogP contribution >= 0.6 is 11.6 Å². The number of hydrogen-bond donors (Lipinski definition) is 1. The largest absolute Gasteiger partial charge is 0.352 e. The van der Waals surface area contributed by atoms with Gasteiger partial charge in [-0.15, -0.1) is 0 Å². The van der Waals surface area contributed by atoms with Crippen molar-refractivity contribution in [2.24, 2.45) is 5.92 Å². The summed E-state index contributed by atoms with van der Waals surface area (Å²) in [6.07, 6.45) is 2.12. The maximum atomic E-state index is 12.0. The molecule has 19 heavy (non-hydrogen) atoms. The second-order valence-electron chi connectivity index (χ2n) is 5.55. The van der Waals surface area contributed by atoms with Crippen LogP contribution in [0.2, 0.25) is 5.15 Å². The molecule has 1 aromatic heterocycles. The van der Waals surface area contributed by atoms with Crippen LogP contribution in [0, 0.1) is 5.92 Å². The molecule has 0 aliphatic carbocycles. The lowest BCUT2D eigenvalue weighted by Gasteiger charge is -2.10. The first kappa shape index (κ1) is 16.0. The molecule has 0 aliphatic heterocycles. The monoisotopic (exact) mass is 282 g/mol. The van der Waals surface area contributed by atoms with Crippen molar-refractivity contribution in [2.45, 2.75) is 46.5 Å². The highest BCUT2D eigenvalue weighted by Crippen LogP contribution is 2.17. The average Bonchev–Trinajstić information content (AvgIpc) is 2.33. The van der Waals surface area contributed by atoms with Crippen LogP contribution in [0.4, 0.5) is 0 Å². The van der Waals surface area contributed by atoms with Crippen LogP contribution in [0.3, 0.4) is 0 Å². The molecule has 1 amide bonds. The Labute approximate surface area is 120 Å². The summed E-state index contributed by atoms with van der Waals surface area (Å²) in [6, 6.07) is 3.43. The minimum absolute atomic E-state index is 0.0741. The van der Waals surface area contributed by atoms with Crippen molar-refractivity contribution in [2.75, 3.05) is 6.54 Å². The minimum atomic E-state index is -0.0741. The Morgan fingerprint density at radius 3 is 2.58 bits per heavy atom. The van der Waals surface area contributed by atoms with Gasteiger partial charge in [-0.2, -0.15) is 0 Å².